The lowest BCUT2D eigenvalue weighted by Crippen LogP contribution is -2.31. The molecule has 1 aromatic carbocycles. The van der Waals surface area contributed by atoms with Crippen molar-refractivity contribution in [1.82, 2.24) is 15.3 Å². The third kappa shape index (κ3) is 4.33. The van der Waals surface area contributed by atoms with Crippen LogP contribution in [-0.4, -0.2) is 28.2 Å². The van der Waals surface area contributed by atoms with E-state index >= 15 is 0 Å². The van der Waals surface area contributed by atoms with E-state index in [4.69, 9.17) is 23.8 Å². The van der Waals surface area contributed by atoms with Crippen LogP contribution in [0.4, 0.5) is 11.8 Å². The second kappa shape index (κ2) is 7.77. The summed E-state index contributed by atoms with van der Waals surface area (Å²) in [6, 6.07) is 12.0. The number of nitrogens with zero attached hydrogens (tertiary/aromatic N) is 3. The average Bonchev–Trinajstić information content (AvgIpc) is 3.09. The molecule has 7 heteroatoms. The van der Waals surface area contributed by atoms with E-state index in [1.54, 1.807) is 6.07 Å². The molecule has 1 aromatic heterocycles. The summed E-state index contributed by atoms with van der Waals surface area (Å²) < 4.78 is 0. The molecule has 3 rings (SSSR count). The summed E-state index contributed by atoms with van der Waals surface area (Å²) in [7, 11) is 0. The standard InChI is InChI=1S/C17H20ClN5S/c1-12(13-7-3-2-4-8-13)19-17(24)22-16-20-14(18)11-15(21-16)23-9-5-6-10-23/h2-4,7-8,11-12H,5-6,9-10H2,1H3,(H2,19,20,21,22,24)/t12-/m1/s1. The van der Waals surface area contributed by atoms with Gasteiger partial charge in [-0.25, -0.2) is 4.98 Å². The normalized spacial score (nSPS) is 15.2. The van der Waals surface area contributed by atoms with Crippen molar-refractivity contribution in [3.05, 3.63) is 47.1 Å². The molecule has 2 heterocycles. The topological polar surface area (TPSA) is 53.1 Å². The summed E-state index contributed by atoms with van der Waals surface area (Å²) in [6.45, 7) is 4.05. The van der Waals surface area contributed by atoms with Crippen LogP contribution >= 0.6 is 23.8 Å². The molecule has 0 saturated carbocycles. The second-order valence-electron chi connectivity index (χ2n) is 5.80. The minimum Gasteiger partial charge on any atom is -0.356 e. The molecule has 5 nitrogen and oxygen atoms in total. The van der Waals surface area contributed by atoms with Gasteiger partial charge in [0.1, 0.15) is 11.0 Å². The Bertz CT molecular complexity index is 703. The number of hydrogen-bond donors (Lipinski definition) is 2. The first kappa shape index (κ1) is 16.9. The molecule has 0 bridgehead atoms. The van der Waals surface area contributed by atoms with E-state index in [2.05, 4.69) is 44.6 Å². The number of anilines is 2. The maximum absolute atomic E-state index is 6.13. The zero-order valence-electron chi connectivity index (χ0n) is 13.5. The van der Waals surface area contributed by atoms with Crippen molar-refractivity contribution in [3.63, 3.8) is 0 Å². The SMILES string of the molecule is C[C@@H](NC(=S)Nc1nc(Cl)cc(N2CCCC2)n1)c1ccccc1. The molecule has 1 atom stereocenters. The number of benzene rings is 1. The number of thiocarbonyl (C=S) groups is 1. The summed E-state index contributed by atoms with van der Waals surface area (Å²) in [6.07, 6.45) is 2.36. The van der Waals surface area contributed by atoms with Gasteiger partial charge in [-0.2, -0.15) is 4.98 Å². The smallest absolute Gasteiger partial charge is 0.232 e. The minimum absolute atomic E-state index is 0.0865. The predicted octanol–water partition coefficient (Wildman–Crippen LogP) is 3.78. The molecular formula is C17H20ClN5S. The van der Waals surface area contributed by atoms with Crippen LogP contribution in [0.25, 0.3) is 0 Å². The largest absolute Gasteiger partial charge is 0.356 e. The van der Waals surface area contributed by atoms with Crippen molar-refractivity contribution in [2.45, 2.75) is 25.8 Å². The zero-order chi connectivity index (χ0) is 16.9. The van der Waals surface area contributed by atoms with Gasteiger partial charge >= 0.3 is 0 Å². The fraction of sp³-hybridized carbons (Fsp3) is 0.353. The van der Waals surface area contributed by atoms with Gasteiger partial charge in [0.2, 0.25) is 5.95 Å². The molecule has 126 valence electrons. The van der Waals surface area contributed by atoms with Gasteiger partial charge < -0.3 is 15.5 Å². The quantitative estimate of drug-likeness (QED) is 0.638. The van der Waals surface area contributed by atoms with Crippen molar-refractivity contribution >= 4 is 40.7 Å². The fourth-order valence-electron chi connectivity index (χ4n) is 2.73. The van der Waals surface area contributed by atoms with Crippen molar-refractivity contribution < 1.29 is 0 Å². The average molecular weight is 362 g/mol. The lowest BCUT2D eigenvalue weighted by molar-refractivity contribution is 0.722. The molecule has 24 heavy (non-hydrogen) atoms. The van der Waals surface area contributed by atoms with Crippen molar-refractivity contribution in [3.8, 4) is 0 Å². The molecule has 0 spiro atoms. The zero-order valence-corrected chi connectivity index (χ0v) is 15.1. The Morgan fingerprint density at radius 1 is 1.21 bits per heavy atom. The van der Waals surface area contributed by atoms with Crippen molar-refractivity contribution in [2.75, 3.05) is 23.3 Å². The predicted molar refractivity (Wildman–Crippen MR) is 103 cm³/mol. The Kier molecular flexibility index (Phi) is 5.48. The first-order valence-corrected chi connectivity index (χ1v) is 8.82. The molecule has 1 aliphatic heterocycles. The third-order valence-electron chi connectivity index (χ3n) is 3.98. The summed E-state index contributed by atoms with van der Waals surface area (Å²) >= 11 is 11.5. The Morgan fingerprint density at radius 3 is 2.62 bits per heavy atom. The maximum Gasteiger partial charge on any atom is 0.232 e. The van der Waals surface area contributed by atoms with E-state index in [-0.39, 0.29) is 6.04 Å². The van der Waals surface area contributed by atoms with Gasteiger partial charge in [-0.05, 0) is 37.5 Å². The van der Waals surface area contributed by atoms with Gasteiger partial charge in [-0.3, -0.25) is 0 Å². The van der Waals surface area contributed by atoms with Crippen LogP contribution in [0.5, 0.6) is 0 Å². The molecular weight excluding hydrogens is 342 g/mol. The summed E-state index contributed by atoms with van der Waals surface area (Å²) in [5.74, 6) is 1.26. The Balaban J connectivity index is 1.65. The Hall–Kier alpha value is -1.92. The molecule has 1 fully saturated rings. The van der Waals surface area contributed by atoms with Gasteiger partial charge in [0.05, 0.1) is 6.04 Å². The summed E-state index contributed by atoms with van der Waals surface area (Å²) in [4.78, 5) is 11.0. The number of rotatable bonds is 4. The molecule has 2 aromatic rings. The lowest BCUT2D eigenvalue weighted by Gasteiger charge is -2.19. The van der Waals surface area contributed by atoms with Gasteiger partial charge in [-0.1, -0.05) is 41.9 Å². The lowest BCUT2D eigenvalue weighted by atomic mass is 10.1. The number of halogens is 1. The maximum atomic E-state index is 6.13. The Morgan fingerprint density at radius 2 is 1.92 bits per heavy atom. The van der Waals surface area contributed by atoms with E-state index in [1.807, 2.05) is 18.2 Å². The molecule has 0 amide bonds. The Labute approximate surface area is 152 Å². The number of hydrogen-bond acceptors (Lipinski definition) is 4. The summed E-state index contributed by atoms with van der Waals surface area (Å²) in [5.41, 5.74) is 1.16. The molecule has 0 radical (unpaired) electrons. The van der Waals surface area contributed by atoms with E-state index < -0.39 is 0 Å². The molecule has 0 aliphatic carbocycles. The van der Waals surface area contributed by atoms with Crippen molar-refractivity contribution in [2.24, 2.45) is 0 Å². The van der Waals surface area contributed by atoms with Gasteiger partial charge in [0.25, 0.3) is 0 Å². The first-order chi connectivity index (χ1) is 11.6. The van der Waals surface area contributed by atoms with E-state index in [0.717, 1.165) is 24.5 Å². The van der Waals surface area contributed by atoms with E-state index in [9.17, 15) is 0 Å². The van der Waals surface area contributed by atoms with Crippen LogP contribution in [0.2, 0.25) is 5.15 Å². The summed E-state index contributed by atoms with van der Waals surface area (Å²) in [5, 5.41) is 7.15. The molecule has 1 aliphatic rings. The van der Waals surface area contributed by atoms with Crippen LogP contribution in [0, 0.1) is 0 Å². The highest BCUT2D eigenvalue weighted by Crippen LogP contribution is 2.22. The van der Waals surface area contributed by atoms with E-state index in [1.165, 1.54) is 12.8 Å². The van der Waals surface area contributed by atoms with Gasteiger partial charge in [-0.15, -0.1) is 0 Å². The highest BCUT2D eigenvalue weighted by Gasteiger charge is 2.16. The molecule has 2 N–H and O–H groups in total. The van der Waals surface area contributed by atoms with Crippen LogP contribution in [0.1, 0.15) is 31.4 Å². The number of aromatic nitrogens is 2. The first-order valence-electron chi connectivity index (χ1n) is 8.04. The molecule has 0 unspecified atom stereocenters. The number of nitrogens with one attached hydrogen (secondary N) is 2. The second-order valence-corrected chi connectivity index (χ2v) is 6.59. The minimum atomic E-state index is 0.0865. The van der Waals surface area contributed by atoms with Crippen LogP contribution in [-0.2, 0) is 0 Å². The fourth-order valence-corrected chi connectivity index (χ4v) is 3.17. The van der Waals surface area contributed by atoms with Crippen LogP contribution in [0.3, 0.4) is 0 Å². The molecule has 1 saturated heterocycles. The van der Waals surface area contributed by atoms with Gasteiger partial charge in [0.15, 0.2) is 5.11 Å². The third-order valence-corrected chi connectivity index (χ3v) is 4.40. The highest BCUT2D eigenvalue weighted by atomic mass is 35.5. The van der Waals surface area contributed by atoms with E-state index in [0.29, 0.717) is 16.2 Å². The van der Waals surface area contributed by atoms with Crippen molar-refractivity contribution in [1.29, 1.82) is 0 Å². The van der Waals surface area contributed by atoms with Gasteiger partial charge in [0, 0.05) is 19.2 Å². The van der Waals surface area contributed by atoms with Crippen LogP contribution in [0.15, 0.2) is 36.4 Å². The highest BCUT2D eigenvalue weighted by molar-refractivity contribution is 7.80. The monoisotopic (exact) mass is 361 g/mol. The van der Waals surface area contributed by atoms with Crippen LogP contribution < -0.4 is 15.5 Å².